The Morgan fingerprint density at radius 2 is 1.91 bits per heavy atom. The maximum absolute atomic E-state index is 12.4. The van der Waals surface area contributed by atoms with Gasteiger partial charge in [0.05, 0.1) is 25.3 Å². The van der Waals surface area contributed by atoms with Crippen LogP contribution < -0.4 is 15.0 Å². The van der Waals surface area contributed by atoms with E-state index < -0.39 is 0 Å². The normalized spacial score (nSPS) is 18.1. The first kappa shape index (κ1) is 16.5. The first-order chi connectivity index (χ1) is 10.7. The lowest BCUT2D eigenvalue weighted by molar-refractivity contribution is -0.674. The molecule has 1 aliphatic rings. The maximum Gasteiger partial charge on any atom is 0.292 e. The molecule has 0 saturated carbocycles. The zero-order chi connectivity index (χ0) is 15.9. The number of carbonyl (C=O) groups excluding carboxylic acids is 2. The molecule has 1 saturated heterocycles. The van der Waals surface area contributed by atoms with Crippen LogP contribution in [-0.2, 0) is 9.59 Å². The molecular weight excluding hydrogens is 280 g/mol. The van der Waals surface area contributed by atoms with Gasteiger partial charge in [-0.15, -0.1) is 0 Å². The van der Waals surface area contributed by atoms with Gasteiger partial charge in [-0.1, -0.05) is 20.3 Å². The van der Waals surface area contributed by atoms with E-state index in [1.165, 1.54) is 4.90 Å². The van der Waals surface area contributed by atoms with Crippen LogP contribution in [0.4, 0.5) is 5.69 Å². The number of quaternary nitrogens is 1. The van der Waals surface area contributed by atoms with Gasteiger partial charge in [-0.2, -0.15) is 0 Å². The van der Waals surface area contributed by atoms with Gasteiger partial charge in [-0.3, -0.25) is 9.59 Å². The first-order valence-corrected chi connectivity index (χ1v) is 8.10. The van der Waals surface area contributed by atoms with Crippen molar-refractivity contribution in [2.24, 2.45) is 0 Å². The van der Waals surface area contributed by atoms with Crippen molar-refractivity contribution in [3.05, 3.63) is 24.3 Å². The van der Waals surface area contributed by atoms with Crippen molar-refractivity contribution in [2.45, 2.75) is 45.6 Å². The largest absolute Gasteiger partial charge is 0.494 e. The molecule has 1 aromatic rings. The van der Waals surface area contributed by atoms with Gasteiger partial charge in [0.15, 0.2) is 6.04 Å². The lowest BCUT2D eigenvalue weighted by Gasteiger charge is -2.15. The Kier molecular flexibility index (Phi) is 5.95. The Morgan fingerprint density at radius 3 is 2.55 bits per heavy atom. The fourth-order valence-corrected chi connectivity index (χ4v) is 2.55. The molecular formula is C17H25N2O3+. The number of hydrogen-bond donors (Lipinski definition) is 1. The number of anilines is 1. The molecule has 5 heteroatoms. The van der Waals surface area contributed by atoms with Gasteiger partial charge in [0.1, 0.15) is 5.75 Å². The quantitative estimate of drug-likeness (QED) is 0.584. The Labute approximate surface area is 131 Å². The highest BCUT2D eigenvalue weighted by Gasteiger charge is 2.41. The molecule has 0 aromatic heterocycles. The van der Waals surface area contributed by atoms with Crippen LogP contribution in [0.1, 0.15) is 39.5 Å². The molecule has 1 atom stereocenters. The minimum absolute atomic E-state index is 0.108. The molecule has 0 spiro atoms. The number of hydrogen-bond acceptors (Lipinski definition) is 3. The van der Waals surface area contributed by atoms with E-state index in [2.05, 4.69) is 6.92 Å². The second-order valence-corrected chi connectivity index (χ2v) is 5.60. The third-order valence-corrected chi connectivity index (χ3v) is 3.76. The summed E-state index contributed by atoms with van der Waals surface area (Å²) in [5, 5.41) is 1.99. The van der Waals surface area contributed by atoms with Crippen molar-refractivity contribution < 1.29 is 19.6 Å². The molecule has 2 amide bonds. The maximum atomic E-state index is 12.4. The van der Waals surface area contributed by atoms with E-state index in [1.807, 2.05) is 12.2 Å². The summed E-state index contributed by atoms with van der Waals surface area (Å²) in [5.41, 5.74) is 0.630. The number of benzene rings is 1. The van der Waals surface area contributed by atoms with Crippen LogP contribution in [0.5, 0.6) is 5.75 Å². The summed E-state index contributed by atoms with van der Waals surface area (Å²) in [5.74, 6) is 0.532. The van der Waals surface area contributed by atoms with Crippen LogP contribution in [0.2, 0.25) is 0 Å². The van der Waals surface area contributed by atoms with E-state index in [-0.39, 0.29) is 24.3 Å². The highest BCUT2D eigenvalue weighted by atomic mass is 16.5. The summed E-state index contributed by atoms with van der Waals surface area (Å²) >= 11 is 0. The first-order valence-electron chi connectivity index (χ1n) is 8.10. The van der Waals surface area contributed by atoms with Crippen molar-refractivity contribution in [2.75, 3.05) is 18.1 Å². The zero-order valence-corrected chi connectivity index (χ0v) is 13.4. The van der Waals surface area contributed by atoms with Crippen LogP contribution in [0.25, 0.3) is 0 Å². The third kappa shape index (κ3) is 3.85. The van der Waals surface area contributed by atoms with Crippen LogP contribution in [0, 0.1) is 0 Å². The summed E-state index contributed by atoms with van der Waals surface area (Å²) in [6.07, 6.45) is 3.38. The van der Waals surface area contributed by atoms with Gasteiger partial charge in [0.25, 0.3) is 5.91 Å². The van der Waals surface area contributed by atoms with E-state index in [4.69, 9.17) is 4.74 Å². The van der Waals surface area contributed by atoms with Crippen LogP contribution >= 0.6 is 0 Å². The van der Waals surface area contributed by atoms with E-state index in [1.54, 1.807) is 24.3 Å². The topological polar surface area (TPSA) is 63.2 Å². The average molecular weight is 305 g/mol. The Balaban J connectivity index is 2.01. The predicted molar refractivity (Wildman–Crippen MR) is 84.8 cm³/mol. The number of carbonyl (C=O) groups is 2. The molecule has 0 unspecified atom stereocenters. The smallest absolute Gasteiger partial charge is 0.292 e. The second kappa shape index (κ2) is 7.94. The number of nitrogens with zero attached hydrogens (tertiary/aromatic N) is 1. The summed E-state index contributed by atoms with van der Waals surface area (Å²) in [4.78, 5) is 25.9. The van der Waals surface area contributed by atoms with E-state index in [0.717, 1.165) is 31.6 Å². The predicted octanol–water partition coefficient (Wildman–Crippen LogP) is 1.47. The monoisotopic (exact) mass is 305 g/mol. The molecule has 5 nitrogen and oxygen atoms in total. The number of ether oxygens (including phenoxy) is 1. The Hall–Kier alpha value is -1.88. The Morgan fingerprint density at radius 1 is 1.18 bits per heavy atom. The minimum Gasteiger partial charge on any atom is -0.494 e. The summed E-state index contributed by atoms with van der Waals surface area (Å²) in [6.45, 7) is 5.71. The van der Waals surface area contributed by atoms with Crippen molar-refractivity contribution in [3.63, 3.8) is 0 Å². The lowest BCUT2D eigenvalue weighted by atomic mass is 10.2. The second-order valence-electron chi connectivity index (χ2n) is 5.60. The van der Waals surface area contributed by atoms with E-state index in [9.17, 15) is 9.59 Å². The standard InChI is InChI=1S/C17H24N2O3/c1-3-5-10-18-15-12-16(20)19(17(15)21)13-6-8-14(9-7-13)22-11-4-2/h6-9,15,18H,3-5,10-12H2,1-2H3/p+1/t15-/m0/s1. The summed E-state index contributed by atoms with van der Waals surface area (Å²) in [6, 6.07) is 6.89. The van der Waals surface area contributed by atoms with E-state index >= 15 is 0 Å². The third-order valence-electron chi connectivity index (χ3n) is 3.76. The number of rotatable bonds is 8. The van der Waals surface area contributed by atoms with Crippen molar-refractivity contribution in [1.29, 1.82) is 0 Å². The van der Waals surface area contributed by atoms with Crippen molar-refractivity contribution in [3.8, 4) is 5.75 Å². The molecule has 0 aliphatic carbocycles. The highest BCUT2D eigenvalue weighted by molar-refractivity contribution is 6.21. The number of imide groups is 1. The van der Waals surface area contributed by atoms with Gasteiger partial charge >= 0.3 is 0 Å². The van der Waals surface area contributed by atoms with Crippen LogP contribution in [0.3, 0.4) is 0 Å². The average Bonchev–Trinajstić information content (AvgIpc) is 2.80. The van der Waals surface area contributed by atoms with Gasteiger partial charge in [-0.25, -0.2) is 4.90 Å². The van der Waals surface area contributed by atoms with E-state index in [0.29, 0.717) is 12.3 Å². The summed E-state index contributed by atoms with van der Waals surface area (Å²) < 4.78 is 5.52. The Bertz CT molecular complexity index is 513. The fourth-order valence-electron chi connectivity index (χ4n) is 2.55. The zero-order valence-electron chi connectivity index (χ0n) is 13.4. The van der Waals surface area contributed by atoms with Gasteiger partial charge < -0.3 is 10.1 Å². The van der Waals surface area contributed by atoms with Crippen LogP contribution in [-0.4, -0.2) is 31.0 Å². The summed E-state index contributed by atoms with van der Waals surface area (Å²) in [7, 11) is 0. The molecule has 1 fully saturated rings. The number of nitrogens with two attached hydrogens (primary N) is 1. The van der Waals surface area contributed by atoms with Gasteiger partial charge in [-0.05, 0) is 37.1 Å². The molecule has 1 aliphatic heterocycles. The SMILES string of the molecule is CCCC[NH2+][C@H]1CC(=O)N(c2ccc(OCCC)cc2)C1=O. The molecule has 1 heterocycles. The molecule has 120 valence electrons. The molecule has 2 N–H and O–H groups in total. The lowest BCUT2D eigenvalue weighted by Crippen LogP contribution is -2.91. The highest BCUT2D eigenvalue weighted by Crippen LogP contribution is 2.24. The molecule has 22 heavy (non-hydrogen) atoms. The molecule has 0 radical (unpaired) electrons. The van der Waals surface area contributed by atoms with Gasteiger partial charge in [0, 0.05) is 0 Å². The number of unbranched alkanes of at least 4 members (excludes halogenated alkanes) is 1. The van der Waals surface area contributed by atoms with Crippen molar-refractivity contribution in [1.82, 2.24) is 0 Å². The molecule has 1 aromatic carbocycles. The molecule has 2 rings (SSSR count). The molecule has 0 bridgehead atoms. The number of amides is 2. The van der Waals surface area contributed by atoms with Gasteiger partial charge in [0.2, 0.25) is 5.91 Å². The fraction of sp³-hybridized carbons (Fsp3) is 0.529. The van der Waals surface area contributed by atoms with Crippen molar-refractivity contribution >= 4 is 17.5 Å². The minimum atomic E-state index is -0.268. The van der Waals surface area contributed by atoms with Crippen LogP contribution in [0.15, 0.2) is 24.3 Å².